The van der Waals surface area contributed by atoms with Crippen LogP contribution in [0.1, 0.15) is 29.2 Å². The van der Waals surface area contributed by atoms with E-state index in [1.165, 1.54) is 11.3 Å². The lowest BCUT2D eigenvalue weighted by Gasteiger charge is -2.37. The molecule has 0 unspecified atom stereocenters. The summed E-state index contributed by atoms with van der Waals surface area (Å²) in [5.74, 6) is 0.0802. The van der Waals surface area contributed by atoms with E-state index >= 15 is 0 Å². The van der Waals surface area contributed by atoms with Crippen molar-refractivity contribution in [2.75, 3.05) is 19.7 Å². The number of carbonyl (C=O) groups is 1. The maximum Gasteiger partial charge on any atom is 0.264 e. The zero-order valence-corrected chi connectivity index (χ0v) is 15.5. The van der Waals surface area contributed by atoms with E-state index < -0.39 is 0 Å². The lowest BCUT2D eigenvalue weighted by molar-refractivity contribution is -0.0763. The van der Waals surface area contributed by atoms with Crippen molar-refractivity contribution in [3.05, 3.63) is 47.0 Å². The molecule has 3 heterocycles. The molecule has 5 nitrogen and oxygen atoms in total. The Morgan fingerprint density at radius 2 is 2.04 bits per heavy atom. The smallest absolute Gasteiger partial charge is 0.264 e. The average molecular weight is 355 g/mol. The molecule has 1 fully saturated rings. The van der Waals surface area contributed by atoms with E-state index in [1.54, 1.807) is 0 Å². The van der Waals surface area contributed by atoms with Gasteiger partial charge in [0.05, 0.1) is 28.5 Å². The third-order valence-electron chi connectivity index (χ3n) is 4.47. The first kappa shape index (κ1) is 16.3. The molecule has 2 aromatic heterocycles. The minimum Gasteiger partial charge on any atom is -0.372 e. The highest BCUT2D eigenvalue weighted by Crippen LogP contribution is 2.31. The predicted octanol–water partition coefficient (Wildman–Crippen LogP) is 3.65. The standard InChI is InChI=1S/C19H21N3O2S/c1-13-15-11-16(17(23)21-9-10-24-19(2,3)12-21)25-18(15)22(20-13)14-7-5-4-6-8-14/h4-8,11H,9-10,12H2,1-3H3. The van der Waals surface area contributed by atoms with Crippen LogP contribution in [0.15, 0.2) is 36.4 Å². The third-order valence-corrected chi connectivity index (χ3v) is 5.57. The minimum atomic E-state index is -0.290. The Kier molecular flexibility index (Phi) is 3.89. The number of amides is 1. The molecule has 1 aliphatic rings. The molecule has 1 aromatic carbocycles. The van der Waals surface area contributed by atoms with E-state index in [1.807, 2.05) is 66.8 Å². The number of ether oxygens (including phenoxy) is 1. The third kappa shape index (κ3) is 2.96. The van der Waals surface area contributed by atoms with Gasteiger partial charge in [-0.2, -0.15) is 5.10 Å². The van der Waals surface area contributed by atoms with Crippen molar-refractivity contribution in [1.82, 2.24) is 14.7 Å². The first-order valence-corrected chi connectivity index (χ1v) is 9.24. The van der Waals surface area contributed by atoms with E-state index in [0.29, 0.717) is 19.7 Å². The van der Waals surface area contributed by atoms with Gasteiger partial charge in [0.25, 0.3) is 5.91 Å². The Morgan fingerprint density at radius 3 is 2.76 bits per heavy atom. The van der Waals surface area contributed by atoms with Gasteiger partial charge in [-0.1, -0.05) is 18.2 Å². The number of thiophene rings is 1. The highest BCUT2D eigenvalue weighted by atomic mass is 32.1. The Balaban J connectivity index is 1.71. The number of carbonyl (C=O) groups excluding carboxylic acids is 1. The zero-order valence-electron chi connectivity index (χ0n) is 14.7. The highest BCUT2D eigenvalue weighted by molar-refractivity contribution is 7.20. The van der Waals surface area contributed by atoms with Gasteiger partial charge in [0.15, 0.2) is 0 Å². The summed E-state index contributed by atoms with van der Waals surface area (Å²) in [6.07, 6.45) is 0. The van der Waals surface area contributed by atoms with E-state index in [4.69, 9.17) is 4.74 Å². The molecule has 1 saturated heterocycles. The second kappa shape index (κ2) is 5.97. The van der Waals surface area contributed by atoms with Crippen LogP contribution in [-0.2, 0) is 4.74 Å². The molecular formula is C19H21N3O2S. The number of aryl methyl sites for hydroxylation is 1. The van der Waals surface area contributed by atoms with Crippen LogP contribution in [0, 0.1) is 6.92 Å². The van der Waals surface area contributed by atoms with Gasteiger partial charge in [0.1, 0.15) is 4.83 Å². The molecule has 1 amide bonds. The van der Waals surface area contributed by atoms with E-state index in [-0.39, 0.29) is 11.5 Å². The first-order valence-electron chi connectivity index (χ1n) is 8.42. The van der Waals surface area contributed by atoms with Gasteiger partial charge in [0, 0.05) is 18.5 Å². The quantitative estimate of drug-likeness (QED) is 0.705. The lowest BCUT2D eigenvalue weighted by Crippen LogP contribution is -2.50. The zero-order chi connectivity index (χ0) is 17.6. The van der Waals surface area contributed by atoms with Crippen molar-refractivity contribution in [3.63, 3.8) is 0 Å². The monoisotopic (exact) mass is 355 g/mol. The first-order chi connectivity index (χ1) is 11.9. The number of para-hydroxylation sites is 1. The van der Waals surface area contributed by atoms with Crippen molar-refractivity contribution in [2.45, 2.75) is 26.4 Å². The molecule has 6 heteroatoms. The predicted molar refractivity (Wildman–Crippen MR) is 99.6 cm³/mol. The van der Waals surface area contributed by atoms with E-state index in [0.717, 1.165) is 26.5 Å². The average Bonchev–Trinajstić information content (AvgIpc) is 3.15. The number of hydrogen-bond acceptors (Lipinski definition) is 4. The van der Waals surface area contributed by atoms with Gasteiger partial charge < -0.3 is 9.64 Å². The summed E-state index contributed by atoms with van der Waals surface area (Å²) in [6, 6.07) is 12.0. The Hall–Kier alpha value is -2.18. The van der Waals surface area contributed by atoms with Crippen LogP contribution in [0.25, 0.3) is 15.9 Å². The molecule has 0 atom stereocenters. The molecule has 1 aliphatic heterocycles. The summed E-state index contributed by atoms with van der Waals surface area (Å²) in [5, 5.41) is 5.68. The fraction of sp³-hybridized carbons (Fsp3) is 0.368. The summed E-state index contributed by atoms with van der Waals surface area (Å²) in [4.78, 5) is 16.6. The molecule has 0 radical (unpaired) electrons. The number of fused-ring (bicyclic) bond motifs is 1. The van der Waals surface area contributed by atoms with E-state index in [9.17, 15) is 4.79 Å². The van der Waals surface area contributed by atoms with Gasteiger partial charge in [-0.3, -0.25) is 4.79 Å². The van der Waals surface area contributed by atoms with Crippen LogP contribution >= 0.6 is 11.3 Å². The molecule has 0 spiro atoms. The van der Waals surface area contributed by atoms with Crippen molar-refractivity contribution in [1.29, 1.82) is 0 Å². The molecular weight excluding hydrogens is 334 g/mol. The maximum absolute atomic E-state index is 13.0. The van der Waals surface area contributed by atoms with Crippen LogP contribution < -0.4 is 0 Å². The summed E-state index contributed by atoms with van der Waals surface area (Å²) < 4.78 is 7.64. The van der Waals surface area contributed by atoms with Crippen molar-refractivity contribution < 1.29 is 9.53 Å². The Bertz CT molecular complexity index is 927. The van der Waals surface area contributed by atoms with Crippen LogP contribution in [-0.4, -0.2) is 45.9 Å². The summed E-state index contributed by atoms with van der Waals surface area (Å²) in [7, 11) is 0. The number of nitrogens with zero attached hydrogens (tertiary/aromatic N) is 3. The second-order valence-electron chi connectivity index (χ2n) is 7.00. The van der Waals surface area contributed by atoms with Crippen molar-refractivity contribution in [2.24, 2.45) is 0 Å². The number of hydrogen-bond donors (Lipinski definition) is 0. The lowest BCUT2D eigenvalue weighted by atomic mass is 10.1. The number of morpholine rings is 1. The molecule has 25 heavy (non-hydrogen) atoms. The number of rotatable bonds is 2. The Morgan fingerprint density at radius 1 is 1.28 bits per heavy atom. The summed E-state index contributed by atoms with van der Waals surface area (Å²) in [5.41, 5.74) is 1.66. The van der Waals surface area contributed by atoms with E-state index in [2.05, 4.69) is 5.10 Å². The minimum absolute atomic E-state index is 0.0802. The van der Waals surface area contributed by atoms with Crippen molar-refractivity contribution >= 4 is 27.5 Å². The van der Waals surface area contributed by atoms with Gasteiger partial charge in [-0.05, 0) is 39.0 Å². The van der Waals surface area contributed by atoms with Gasteiger partial charge >= 0.3 is 0 Å². The van der Waals surface area contributed by atoms with Crippen LogP contribution in [0.2, 0.25) is 0 Å². The van der Waals surface area contributed by atoms with Crippen LogP contribution in [0.5, 0.6) is 0 Å². The molecule has 0 aliphatic carbocycles. The SMILES string of the molecule is Cc1nn(-c2ccccc2)c2sc(C(=O)N3CCOC(C)(C)C3)cc12. The molecule has 0 bridgehead atoms. The fourth-order valence-corrected chi connectivity index (χ4v) is 4.39. The highest BCUT2D eigenvalue weighted by Gasteiger charge is 2.31. The van der Waals surface area contributed by atoms with Gasteiger partial charge in [-0.15, -0.1) is 11.3 Å². The van der Waals surface area contributed by atoms with Crippen LogP contribution in [0.4, 0.5) is 0 Å². The molecule has 3 aromatic rings. The Labute approximate surface area is 150 Å². The topological polar surface area (TPSA) is 47.4 Å². The number of benzene rings is 1. The fourth-order valence-electron chi connectivity index (χ4n) is 3.24. The molecule has 0 N–H and O–H groups in total. The second-order valence-corrected chi connectivity index (χ2v) is 8.03. The largest absolute Gasteiger partial charge is 0.372 e. The molecule has 130 valence electrons. The summed E-state index contributed by atoms with van der Waals surface area (Å²) in [6.45, 7) is 7.87. The molecule has 0 saturated carbocycles. The number of aromatic nitrogens is 2. The van der Waals surface area contributed by atoms with Gasteiger partial charge in [-0.25, -0.2) is 4.68 Å². The van der Waals surface area contributed by atoms with Gasteiger partial charge in [0.2, 0.25) is 0 Å². The maximum atomic E-state index is 13.0. The molecule has 4 rings (SSSR count). The summed E-state index contributed by atoms with van der Waals surface area (Å²) >= 11 is 1.51. The van der Waals surface area contributed by atoms with Crippen LogP contribution in [0.3, 0.4) is 0 Å². The van der Waals surface area contributed by atoms with Crippen molar-refractivity contribution in [3.8, 4) is 5.69 Å². The normalized spacial score (nSPS) is 17.2.